The second-order valence-electron chi connectivity index (χ2n) is 3.72. The topological polar surface area (TPSA) is 59.8 Å². The smallest absolute Gasteiger partial charge is 0.267 e. The summed E-state index contributed by atoms with van der Waals surface area (Å²) in [5, 5.41) is 3.14. The van der Waals surface area contributed by atoms with Crippen molar-refractivity contribution in [2.45, 2.75) is 13.5 Å². The van der Waals surface area contributed by atoms with Crippen molar-refractivity contribution >= 4 is 28.4 Å². The molecule has 0 fully saturated rings. The molecule has 0 aromatic carbocycles. The normalized spacial score (nSPS) is 10.3. The zero-order chi connectivity index (χ0) is 13.0. The third kappa shape index (κ3) is 3.06. The monoisotopic (exact) mass is 356 g/mol. The van der Waals surface area contributed by atoms with Crippen molar-refractivity contribution in [1.29, 1.82) is 0 Å². The minimum absolute atomic E-state index is 0.0405. The van der Waals surface area contributed by atoms with Gasteiger partial charge in [-0.1, -0.05) is 6.07 Å². The van der Waals surface area contributed by atoms with Gasteiger partial charge in [-0.3, -0.25) is 9.36 Å². The lowest BCUT2D eigenvalue weighted by Crippen LogP contribution is -2.23. The molecule has 5 nitrogen and oxygen atoms in total. The molecule has 0 radical (unpaired) electrons. The number of nitrogens with zero attached hydrogens (tertiary/aromatic N) is 3. The second kappa shape index (κ2) is 5.94. The molecule has 94 valence electrons. The molecule has 0 amide bonds. The largest absolute Gasteiger partial charge is 0.370 e. The molecule has 0 spiro atoms. The Morgan fingerprint density at radius 2 is 2.28 bits per heavy atom. The van der Waals surface area contributed by atoms with Gasteiger partial charge in [0.25, 0.3) is 5.56 Å². The number of pyridine rings is 1. The number of rotatable bonds is 4. The molecule has 2 heterocycles. The molecule has 0 atom stereocenters. The third-order valence-corrected chi connectivity index (χ3v) is 3.10. The Morgan fingerprint density at radius 1 is 1.44 bits per heavy atom. The molecule has 0 unspecified atom stereocenters. The van der Waals surface area contributed by atoms with Gasteiger partial charge in [0, 0.05) is 12.7 Å². The Hall–Kier alpha value is -1.44. The van der Waals surface area contributed by atoms with Crippen LogP contribution in [0.15, 0.2) is 35.5 Å². The molecule has 2 aromatic rings. The molecule has 0 bridgehead atoms. The minimum Gasteiger partial charge on any atom is -0.370 e. The van der Waals surface area contributed by atoms with Crippen molar-refractivity contribution < 1.29 is 0 Å². The van der Waals surface area contributed by atoms with Gasteiger partial charge >= 0.3 is 0 Å². The van der Waals surface area contributed by atoms with Gasteiger partial charge in [0.2, 0.25) is 0 Å². The molecule has 0 saturated carbocycles. The van der Waals surface area contributed by atoms with Gasteiger partial charge in [0.15, 0.2) is 0 Å². The van der Waals surface area contributed by atoms with Crippen molar-refractivity contribution in [3.8, 4) is 0 Å². The summed E-state index contributed by atoms with van der Waals surface area (Å²) in [4.78, 5) is 20.3. The van der Waals surface area contributed by atoms with E-state index in [9.17, 15) is 4.79 Å². The Labute approximate surface area is 118 Å². The van der Waals surface area contributed by atoms with Gasteiger partial charge in [0.1, 0.15) is 5.82 Å². The van der Waals surface area contributed by atoms with Crippen LogP contribution in [0.1, 0.15) is 12.6 Å². The van der Waals surface area contributed by atoms with Crippen LogP contribution in [-0.4, -0.2) is 21.1 Å². The highest BCUT2D eigenvalue weighted by molar-refractivity contribution is 14.1. The van der Waals surface area contributed by atoms with E-state index in [0.29, 0.717) is 10.1 Å². The maximum atomic E-state index is 11.9. The van der Waals surface area contributed by atoms with Crippen molar-refractivity contribution in [2.75, 3.05) is 11.9 Å². The molecule has 0 aliphatic rings. The van der Waals surface area contributed by atoms with Crippen LogP contribution in [0.4, 0.5) is 5.82 Å². The number of nitrogens with one attached hydrogen (secondary N) is 1. The predicted octanol–water partition coefficient (Wildman–Crippen LogP) is 1.72. The molecule has 1 N–H and O–H groups in total. The van der Waals surface area contributed by atoms with Crippen LogP contribution in [-0.2, 0) is 6.54 Å². The fraction of sp³-hybridized carbons (Fsp3) is 0.250. The Bertz CT molecular complexity index is 597. The van der Waals surface area contributed by atoms with Crippen molar-refractivity contribution in [2.24, 2.45) is 0 Å². The summed E-state index contributed by atoms with van der Waals surface area (Å²) in [7, 11) is 0. The molecular weight excluding hydrogens is 343 g/mol. The zero-order valence-corrected chi connectivity index (χ0v) is 12.1. The number of halogens is 1. The maximum Gasteiger partial charge on any atom is 0.267 e. The average molecular weight is 356 g/mol. The minimum atomic E-state index is -0.0405. The summed E-state index contributed by atoms with van der Waals surface area (Å²) in [6, 6.07) is 5.72. The summed E-state index contributed by atoms with van der Waals surface area (Å²) < 4.78 is 2.16. The van der Waals surface area contributed by atoms with E-state index in [1.165, 1.54) is 6.33 Å². The average Bonchev–Trinajstić information content (AvgIpc) is 2.36. The first kappa shape index (κ1) is 13.0. The number of aromatic nitrogens is 3. The van der Waals surface area contributed by atoms with Gasteiger partial charge in [0.05, 0.1) is 22.1 Å². The van der Waals surface area contributed by atoms with E-state index >= 15 is 0 Å². The van der Waals surface area contributed by atoms with Crippen LogP contribution in [0.2, 0.25) is 0 Å². The summed E-state index contributed by atoms with van der Waals surface area (Å²) >= 11 is 1.98. The fourth-order valence-electron chi connectivity index (χ4n) is 1.56. The quantitative estimate of drug-likeness (QED) is 0.848. The van der Waals surface area contributed by atoms with Gasteiger partial charge < -0.3 is 5.32 Å². The summed E-state index contributed by atoms with van der Waals surface area (Å²) in [5.41, 5.74) is 0.792. The molecule has 18 heavy (non-hydrogen) atoms. The van der Waals surface area contributed by atoms with Gasteiger partial charge in [-0.05, 0) is 41.6 Å². The predicted molar refractivity (Wildman–Crippen MR) is 78.7 cm³/mol. The SMILES string of the molecule is CCNc1cccc(Cn2cncc(I)c2=O)n1. The van der Waals surface area contributed by atoms with E-state index in [-0.39, 0.29) is 5.56 Å². The second-order valence-corrected chi connectivity index (χ2v) is 4.88. The van der Waals surface area contributed by atoms with E-state index < -0.39 is 0 Å². The Balaban J connectivity index is 2.26. The van der Waals surface area contributed by atoms with Crippen LogP contribution < -0.4 is 10.9 Å². The molecule has 2 aromatic heterocycles. The van der Waals surface area contributed by atoms with Gasteiger partial charge in [-0.15, -0.1) is 0 Å². The van der Waals surface area contributed by atoms with Crippen LogP contribution in [0, 0.1) is 3.57 Å². The molecule has 0 saturated heterocycles. The van der Waals surface area contributed by atoms with Crippen LogP contribution in [0.25, 0.3) is 0 Å². The maximum absolute atomic E-state index is 11.9. The fourth-order valence-corrected chi connectivity index (χ4v) is 2.03. The van der Waals surface area contributed by atoms with Crippen LogP contribution >= 0.6 is 22.6 Å². The van der Waals surface area contributed by atoms with Crippen molar-refractivity contribution in [3.05, 3.63) is 50.3 Å². The molecule has 2 rings (SSSR count). The van der Waals surface area contributed by atoms with Crippen molar-refractivity contribution in [3.63, 3.8) is 0 Å². The highest BCUT2D eigenvalue weighted by Crippen LogP contribution is 2.05. The zero-order valence-electron chi connectivity index (χ0n) is 9.93. The lowest BCUT2D eigenvalue weighted by atomic mass is 10.3. The lowest BCUT2D eigenvalue weighted by molar-refractivity contribution is 0.714. The first-order valence-corrected chi connectivity index (χ1v) is 6.68. The summed E-state index contributed by atoms with van der Waals surface area (Å²) in [6.45, 7) is 3.27. The number of anilines is 1. The third-order valence-electron chi connectivity index (χ3n) is 2.36. The first-order valence-electron chi connectivity index (χ1n) is 5.60. The van der Waals surface area contributed by atoms with Crippen LogP contribution in [0.5, 0.6) is 0 Å². The Morgan fingerprint density at radius 3 is 3.06 bits per heavy atom. The summed E-state index contributed by atoms with van der Waals surface area (Å²) in [5.74, 6) is 0.821. The lowest BCUT2D eigenvalue weighted by Gasteiger charge is -2.07. The van der Waals surface area contributed by atoms with E-state index in [0.717, 1.165) is 18.1 Å². The van der Waals surface area contributed by atoms with Gasteiger partial charge in [-0.2, -0.15) is 0 Å². The van der Waals surface area contributed by atoms with E-state index in [4.69, 9.17) is 0 Å². The molecule has 6 heteroatoms. The highest BCUT2D eigenvalue weighted by Gasteiger charge is 2.03. The van der Waals surface area contributed by atoms with Crippen LogP contribution in [0.3, 0.4) is 0 Å². The molecular formula is C12H13IN4O. The first-order chi connectivity index (χ1) is 8.70. The summed E-state index contributed by atoms with van der Waals surface area (Å²) in [6.07, 6.45) is 3.09. The molecule has 0 aliphatic heterocycles. The van der Waals surface area contributed by atoms with E-state index in [2.05, 4.69) is 15.3 Å². The number of hydrogen-bond donors (Lipinski definition) is 1. The van der Waals surface area contributed by atoms with E-state index in [1.807, 2.05) is 47.7 Å². The standard InChI is InChI=1S/C12H13IN4O/c1-2-15-11-5-3-4-9(16-11)7-17-8-14-6-10(13)12(17)18/h3-6,8H,2,7H2,1H3,(H,15,16). The highest BCUT2D eigenvalue weighted by atomic mass is 127. The van der Waals surface area contributed by atoms with E-state index in [1.54, 1.807) is 10.8 Å². The molecule has 0 aliphatic carbocycles. The number of hydrogen-bond acceptors (Lipinski definition) is 4. The van der Waals surface area contributed by atoms with Gasteiger partial charge in [-0.25, -0.2) is 9.97 Å². The van der Waals surface area contributed by atoms with Crippen molar-refractivity contribution in [1.82, 2.24) is 14.5 Å². The Kier molecular flexibility index (Phi) is 4.29.